The molecule has 0 radical (unpaired) electrons. The third-order valence-corrected chi connectivity index (χ3v) is 12.9. The Morgan fingerprint density at radius 1 is 0.513 bits per heavy atom. The standard InChI is InChI=1S/C62H71N3O11/c1-62(2,3)76-60(68)64-51(58(66)63-52(59(67)70-4)38-45-24-11-5-12-25-45)36-23-37-53-55(72-40-47-28-15-7-16-29-47)57(74-42-49-32-19-9-20-33-49)56(73-41-48-30-17-8-18-31-48)54(44-71-39-46-26-13-6-14-27-46)65(53)61(69)75-43-50-34-21-10-22-35-50/h5-22,24-35,51-57H,23,36-44H2,1-4H3,(H,63,66)(H,64,68)/t51-,52-,53-,54-,55-,56-,57+/m0/s1. The fraction of sp³-hybridized carbons (Fsp3) is 0.355. The monoisotopic (exact) mass is 1030 g/mol. The molecule has 14 nitrogen and oxygen atoms in total. The summed E-state index contributed by atoms with van der Waals surface area (Å²) >= 11 is 0. The number of nitrogens with one attached hydrogen (secondary N) is 2. The summed E-state index contributed by atoms with van der Waals surface area (Å²) in [6, 6.07) is 54.0. The number of benzene rings is 6. The first-order valence-corrected chi connectivity index (χ1v) is 25.9. The number of hydrogen-bond acceptors (Lipinski definition) is 11. The maximum Gasteiger partial charge on any atom is 0.410 e. The molecule has 1 saturated heterocycles. The van der Waals surface area contributed by atoms with E-state index in [1.807, 2.05) is 182 Å². The normalized spacial score (nSPS) is 18.2. The first-order valence-electron chi connectivity index (χ1n) is 25.9. The van der Waals surface area contributed by atoms with Crippen molar-refractivity contribution in [2.24, 2.45) is 0 Å². The summed E-state index contributed by atoms with van der Waals surface area (Å²) in [6.07, 6.45) is -3.30. The van der Waals surface area contributed by atoms with E-state index in [0.29, 0.717) is 0 Å². The average molecular weight is 1030 g/mol. The number of amides is 3. The Bertz CT molecular complexity index is 2660. The van der Waals surface area contributed by atoms with Crippen molar-refractivity contribution < 1.29 is 52.3 Å². The summed E-state index contributed by atoms with van der Waals surface area (Å²) in [7, 11) is 1.26. The molecule has 7 atom stereocenters. The number of carbonyl (C=O) groups is 4. The number of piperidine rings is 1. The van der Waals surface area contributed by atoms with Gasteiger partial charge in [0.2, 0.25) is 5.91 Å². The molecule has 0 aromatic heterocycles. The van der Waals surface area contributed by atoms with Crippen LogP contribution in [0.5, 0.6) is 0 Å². The number of methoxy groups -OCH3 is 1. The van der Waals surface area contributed by atoms with E-state index in [0.717, 1.165) is 33.4 Å². The third kappa shape index (κ3) is 17.6. The fourth-order valence-electron chi connectivity index (χ4n) is 9.21. The van der Waals surface area contributed by atoms with Crippen LogP contribution in [0.3, 0.4) is 0 Å². The van der Waals surface area contributed by atoms with Crippen LogP contribution >= 0.6 is 0 Å². The maximum absolute atomic E-state index is 15.3. The SMILES string of the molecule is COC(=O)[C@H](Cc1ccccc1)NC(=O)[C@H](CCC[C@H]1[C@H](OCc2ccccc2)[C@@H](OCc2ccccc2)[C@@H](OCc2ccccc2)[C@H](COCc2ccccc2)N1C(=O)OCc1ccccc1)NC(=O)OC(C)(C)C. The molecule has 76 heavy (non-hydrogen) atoms. The lowest BCUT2D eigenvalue weighted by molar-refractivity contribution is -0.223. The molecule has 1 aliphatic heterocycles. The largest absolute Gasteiger partial charge is 0.467 e. The molecule has 6 aromatic carbocycles. The zero-order valence-corrected chi connectivity index (χ0v) is 43.9. The number of rotatable bonds is 25. The minimum atomic E-state index is -1.19. The van der Waals surface area contributed by atoms with E-state index in [9.17, 15) is 14.4 Å². The Morgan fingerprint density at radius 3 is 1.39 bits per heavy atom. The van der Waals surface area contributed by atoms with Crippen LogP contribution < -0.4 is 10.6 Å². The van der Waals surface area contributed by atoms with Crippen LogP contribution in [0.4, 0.5) is 9.59 Å². The van der Waals surface area contributed by atoms with Gasteiger partial charge in [-0.15, -0.1) is 0 Å². The minimum absolute atomic E-state index is 0.0173. The Morgan fingerprint density at radius 2 is 0.934 bits per heavy atom. The van der Waals surface area contributed by atoms with Crippen molar-refractivity contribution >= 4 is 24.1 Å². The predicted octanol–water partition coefficient (Wildman–Crippen LogP) is 10.3. The van der Waals surface area contributed by atoms with E-state index >= 15 is 4.79 Å². The second-order valence-corrected chi connectivity index (χ2v) is 19.8. The van der Waals surface area contributed by atoms with Crippen molar-refractivity contribution in [1.82, 2.24) is 15.5 Å². The Balaban J connectivity index is 1.29. The smallest absolute Gasteiger partial charge is 0.410 e. The molecule has 0 bridgehead atoms. The van der Waals surface area contributed by atoms with E-state index in [4.69, 9.17) is 33.2 Å². The second kappa shape index (κ2) is 29.1. The number of likely N-dealkylation sites (tertiary alicyclic amines) is 1. The van der Waals surface area contributed by atoms with Gasteiger partial charge in [-0.1, -0.05) is 182 Å². The highest BCUT2D eigenvalue weighted by molar-refractivity contribution is 5.89. The predicted molar refractivity (Wildman–Crippen MR) is 288 cm³/mol. The van der Waals surface area contributed by atoms with Crippen LogP contribution in [-0.2, 0) is 82.2 Å². The first kappa shape index (κ1) is 56.4. The van der Waals surface area contributed by atoms with E-state index in [1.165, 1.54) is 7.11 Å². The molecular formula is C62H71N3O11. The summed E-state index contributed by atoms with van der Waals surface area (Å²) in [5, 5.41) is 5.63. The molecule has 1 aliphatic rings. The molecule has 0 spiro atoms. The number of ether oxygens (including phenoxy) is 7. The highest BCUT2D eigenvalue weighted by Gasteiger charge is 2.54. The summed E-state index contributed by atoms with van der Waals surface area (Å²) in [6.45, 7) is 5.95. The van der Waals surface area contributed by atoms with Crippen LogP contribution in [0.25, 0.3) is 0 Å². The quantitative estimate of drug-likeness (QED) is 0.0415. The highest BCUT2D eigenvalue weighted by atomic mass is 16.6. The van der Waals surface area contributed by atoms with E-state index in [1.54, 1.807) is 25.7 Å². The van der Waals surface area contributed by atoms with Crippen molar-refractivity contribution in [2.75, 3.05) is 13.7 Å². The van der Waals surface area contributed by atoms with Crippen LogP contribution in [0.1, 0.15) is 73.4 Å². The molecule has 1 heterocycles. The topological polar surface area (TPSA) is 160 Å². The summed E-state index contributed by atoms with van der Waals surface area (Å²) in [4.78, 5) is 58.3. The van der Waals surface area contributed by atoms with Gasteiger partial charge < -0.3 is 43.8 Å². The third-order valence-electron chi connectivity index (χ3n) is 12.9. The van der Waals surface area contributed by atoms with Gasteiger partial charge in [0.25, 0.3) is 0 Å². The van der Waals surface area contributed by atoms with Crippen molar-refractivity contribution in [1.29, 1.82) is 0 Å². The second-order valence-electron chi connectivity index (χ2n) is 19.8. The van der Waals surface area contributed by atoms with E-state index in [-0.39, 0.29) is 65.3 Å². The lowest BCUT2D eigenvalue weighted by Crippen LogP contribution is -2.70. The first-order chi connectivity index (χ1) is 36.9. The van der Waals surface area contributed by atoms with E-state index in [2.05, 4.69) is 10.6 Å². The van der Waals surface area contributed by atoms with Gasteiger partial charge in [0.1, 0.15) is 42.6 Å². The van der Waals surface area contributed by atoms with Gasteiger partial charge in [-0.2, -0.15) is 0 Å². The van der Waals surface area contributed by atoms with Crippen molar-refractivity contribution in [3.05, 3.63) is 215 Å². The molecule has 7 rings (SSSR count). The van der Waals surface area contributed by atoms with Gasteiger partial charge in [0.15, 0.2) is 0 Å². The van der Waals surface area contributed by atoms with Gasteiger partial charge in [0.05, 0.1) is 52.2 Å². The number of esters is 1. The molecule has 2 N–H and O–H groups in total. The van der Waals surface area contributed by atoms with Gasteiger partial charge >= 0.3 is 18.2 Å². The average Bonchev–Trinajstić information content (AvgIpc) is 3.50. The summed E-state index contributed by atoms with van der Waals surface area (Å²) < 4.78 is 44.9. The molecular weight excluding hydrogens is 963 g/mol. The molecule has 6 aromatic rings. The van der Waals surface area contributed by atoms with Gasteiger partial charge in [-0.3, -0.25) is 9.69 Å². The zero-order valence-electron chi connectivity index (χ0n) is 43.9. The summed E-state index contributed by atoms with van der Waals surface area (Å²) in [5.41, 5.74) is 4.37. The van der Waals surface area contributed by atoms with Crippen LogP contribution in [-0.4, -0.2) is 90.8 Å². The molecule has 1 fully saturated rings. The Kier molecular flexibility index (Phi) is 21.6. The van der Waals surface area contributed by atoms with E-state index < -0.39 is 72.1 Å². The summed E-state index contributed by atoms with van der Waals surface area (Å²) in [5.74, 6) is -1.27. The number of alkyl carbamates (subject to hydrolysis) is 1. The van der Waals surface area contributed by atoms with Crippen LogP contribution in [0.15, 0.2) is 182 Å². The lowest BCUT2D eigenvalue weighted by Gasteiger charge is -2.52. The molecule has 0 unspecified atom stereocenters. The fourth-order valence-corrected chi connectivity index (χ4v) is 9.21. The molecule has 0 aliphatic carbocycles. The van der Waals surface area contributed by atoms with Gasteiger partial charge in [-0.05, 0) is 73.4 Å². The minimum Gasteiger partial charge on any atom is -0.467 e. The molecule has 14 heteroatoms. The Hall–Kier alpha value is -7.36. The lowest BCUT2D eigenvalue weighted by atomic mass is 9.84. The molecule has 0 saturated carbocycles. The van der Waals surface area contributed by atoms with Crippen LogP contribution in [0.2, 0.25) is 0 Å². The number of hydrogen-bond donors (Lipinski definition) is 2. The maximum atomic E-state index is 15.3. The zero-order chi connectivity index (χ0) is 53.5. The van der Waals surface area contributed by atoms with Crippen molar-refractivity contribution in [3.8, 4) is 0 Å². The molecule has 3 amide bonds. The Labute approximate surface area is 447 Å². The molecule has 400 valence electrons. The number of nitrogens with zero attached hydrogens (tertiary/aromatic N) is 1. The highest BCUT2D eigenvalue weighted by Crippen LogP contribution is 2.36. The van der Waals surface area contributed by atoms with Crippen molar-refractivity contribution in [3.63, 3.8) is 0 Å². The van der Waals surface area contributed by atoms with Crippen LogP contribution in [0, 0.1) is 0 Å². The number of carbonyl (C=O) groups excluding carboxylic acids is 4. The van der Waals surface area contributed by atoms with Crippen molar-refractivity contribution in [2.45, 2.75) is 128 Å². The van der Waals surface area contributed by atoms with Gasteiger partial charge in [-0.25, -0.2) is 14.4 Å². The van der Waals surface area contributed by atoms with Gasteiger partial charge in [0, 0.05) is 6.42 Å².